The van der Waals surface area contributed by atoms with Crippen molar-refractivity contribution in [3.63, 3.8) is 0 Å². The SMILES string of the molecule is CCCCCCCCCCCCCCCCCC(=O)O.CCCCCCCCCCCCCN(C)CC. The Morgan fingerprint density at radius 2 is 0.730 bits per heavy atom. The van der Waals surface area contributed by atoms with Crippen LogP contribution in [-0.2, 0) is 4.79 Å². The number of carbonyl (C=O) groups is 1. The highest BCUT2D eigenvalue weighted by Gasteiger charge is 1.97. The minimum absolute atomic E-state index is 0.345. The zero-order chi connectivity index (χ0) is 27.7. The Hall–Kier alpha value is -0.570. The summed E-state index contributed by atoms with van der Waals surface area (Å²) in [6, 6.07) is 0. The average Bonchev–Trinajstić information content (AvgIpc) is 2.89. The van der Waals surface area contributed by atoms with Crippen LogP contribution in [0.2, 0.25) is 0 Å². The van der Waals surface area contributed by atoms with Gasteiger partial charge in [-0.25, -0.2) is 0 Å². The number of unbranched alkanes of at least 4 members (excludes halogenated alkanes) is 24. The Bertz CT molecular complexity index is 413. The van der Waals surface area contributed by atoms with E-state index in [4.69, 9.17) is 5.11 Å². The molecule has 0 aliphatic carbocycles. The van der Waals surface area contributed by atoms with Gasteiger partial charge in [0.05, 0.1) is 0 Å². The molecule has 0 radical (unpaired) electrons. The molecule has 0 aromatic rings. The number of rotatable bonds is 29. The van der Waals surface area contributed by atoms with Gasteiger partial charge in [0.2, 0.25) is 0 Å². The minimum Gasteiger partial charge on any atom is -0.481 e. The first-order chi connectivity index (χ1) is 18.1. The second kappa shape index (κ2) is 35.4. The highest BCUT2D eigenvalue weighted by molar-refractivity contribution is 5.66. The number of nitrogens with zero attached hydrogens (tertiary/aromatic N) is 1. The molecule has 0 spiro atoms. The van der Waals surface area contributed by atoms with E-state index in [0.717, 1.165) is 12.8 Å². The van der Waals surface area contributed by atoms with Gasteiger partial charge >= 0.3 is 5.97 Å². The molecule has 0 aromatic carbocycles. The molecular weight excluding hydrogens is 454 g/mol. The molecule has 0 rings (SSSR count). The van der Waals surface area contributed by atoms with Gasteiger partial charge < -0.3 is 10.0 Å². The lowest BCUT2D eigenvalue weighted by Gasteiger charge is -2.12. The van der Waals surface area contributed by atoms with E-state index in [1.165, 1.54) is 167 Å². The summed E-state index contributed by atoms with van der Waals surface area (Å²) in [4.78, 5) is 12.7. The van der Waals surface area contributed by atoms with Crippen LogP contribution in [0.5, 0.6) is 0 Å². The monoisotopic (exact) mass is 526 g/mol. The summed E-state index contributed by atoms with van der Waals surface area (Å²) in [5, 5.41) is 8.52. The molecule has 224 valence electrons. The van der Waals surface area contributed by atoms with Crippen molar-refractivity contribution < 1.29 is 9.90 Å². The zero-order valence-corrected chi connectivity index (χ0v) is 26.3. The first-order valence-electron chi connectivity index (χ1n) is 17.0. The van der Waals surface area contributed by atoms with Crippen molar-refractivity contribution in [2.24, 2.45) is 0 Å². The van der Waals surface area contributed by atoms with Crippen LogP contribution in [0.3, 0.4) is 0 Å². The van der Waals surface area contributed by atoms with Gasteiger partial charge in [-0.05, 0) is 33.0 Å². The van der Waals surface area contributed by atoms with E-state index in [9.17, 15) is 4.79 Å². The van der Waals surface area contributed by atoms with Gasteiger partial charge in [0.15, 0.2) is 0 Å². The summed E-state index contributed by atoms with van der Waals surface area (Å²) in [5.41, 5.74) is 0. The fraction of sp³-hybridized carbons (Fsp3) is 0.971. The van der Waals surface area contributed by atoms with Crippen LogP contribution >= 0.6 is 0 Å². The first kappa shape index (κ1) is 38.6. The topological polar surface area (TPSA) is 40.5 Å². The molecule has 3 heteroatoms. The number of carboxylic acid groups (broad SMARTS) is 1. The van der Waals surface area contributed by atoms with E-state index in [1.807, 2.05) is 0 Å². The van der Waals surface area contributed by atoms with Gasteiger partial charge in [-0.3, -0.25) is 4.79 Å². The summed E-state index contributed by atoms with van der Waals surface area (Å²) in [6.45, 7) is 9.27. The molecule has 0 fully saturated rings. The average molecular weight is 526 g/mol. The number of hydrogen-bond donors (Lipinski definition) is 1. The van der Waals surface area contributed by atoms with Crippen LogP contribution < -0.4 is 0 Å². The van der Waals surface area contributed by atoms with Gasteiger partial charge in [-0.2, -0.15) is 0 Å². The van der Waals surface area contributed by atoms with Crippen LogP contribution in [-0.4, -0.2) is 36.1 Å². The third kappa shape index (κ3) is 40.1. The molecule has 0 heterocycles. The summed E-state index contributed by atoms with van der Waals surface area (Å²) in [6.07, 6.45) is 36.1. The first-order valence-corrected chi connectivity index (χ1v) is 17.0. The minimum atomic E-state index is -0.653. The molecule has 0 atom stereocenters. The van der Waals surface area contributed by atoms with Crippen LogP contribution in [0.1, 0.15) is 194 Å². The smallest absolute Gasteiger partial charge is 0.303 e. The molecule has 0 saturated heterocycles. The van der Waals surface area contributed by atoms with Gasteiger partial charge in [-0.1, -0.05) is 175 Å². The van der Waals surface area contributed by atoms with Crippen molar-refractivity contribution in [1.82, 2.24) is 4.90 Å². The summed E-state index contributed by atoms with van der Waals surface area (Å²) in [7, 11) is 2.22. The van der Waals surface area contributed by atoms with E-state index in [2.05, 4.69) is 32.7 Å². The molecule has 0 aliphatic heterocycles. The molecule has 37 heavy (non-hydrogen) atoms. The van der Waals surface area contributed by atoms with Gasteiger partial charge in [0, 0.05) is 6.42 Å². The highest BCUT2D eigenvalue weighted by atomic mass is 16.4. The third-order valence-corrected chi connectivity index (χ3v) is 7.68. The second-order valence-electron chi connectivity index (χ2n) is 11.5. The Morgan fingerprint density at radius 1 is 0.459 bits per heavy atom. The largest absolute Gasteiger partial charge is 0.481 e. The quantitative estimate of drug-likeness (QED) is 0.0987. The third-order valence-electron chi connectivity index (χ3n) is 7.68. The van der Waals surface area contributed by atoms with E-state index in [-0.39, 0.29) is 0 Å². The lowest BCUT2D eigenvalue weighted by atomic mass is 10.0. The van der Waals surface area contributed by atoms with E-state index >= 15 is 0 Å². The predicted octanol–water partition coefficient (Wildman–Crippen LogP) is 11.6. The Kier molecular flexibility index (Phi) is 36.9. The molecule has 0 bridgehead atoms. The molecule has 0 saturated carbocycles. The van der Waals surface area contributed by atoms with E-state index in [1.54, 1.807) is 0 Å². The Balaban J connectivity index is 0. The molecule has 1 N–H and O–H groups in total. The van der Waals surface area contributed by atoms with E-state index < -0.39 is 5.97 Å². The molecule has 3 nitrogen and oxygen atoms in total. The second-order valence-corrected chi connectivity index (χ2v) is 11.5. The van der Waals surface area contributed by atoms with Crippen LogP contribution in [0.25, 0.3) is 0 Å². The highest BCUT2D eigenvalue weighted by Crippen LogP contribution is 2.14. The van der Waals surface area contributed by atoms with Crippen molar-refractivity contribution >= 4 is 5.97 Å². The molecule has 0 aliphatic rings. The maximum atomic E-state index is 10.3. The zero-order valence-electron chi connectivity index (χ0n) is 26.3. The van der Waals surface area contributed by atoms with Gasteiger partial charge in [0.25, 0.3) is 0 Å². The van der Waals surface area contributed by atoms with Crippen molar-refractivity contribution in [3.8, 4) is 0 Å². The molecule has 0 aromatic heterocycles. The summed E-state index contributed by atoms with van der Waals surface area (Å²) in [5.74, 6) is -0.653. The summed E-state index contributed by atoms with van der Waals surface area (Å²) < 4.78 is 0. The fourth-order valence-corrected chi connectivity index (χ4v) is 4.85. The molecular formula is C34H71NO2. The molecule has 0 amide bonds. The van der Waals surface area contributed by atoms with Crippen LogP contribution in [0, 0.1) is 0 Å². The standard InChI is InChI=1S/C18H36O2.C16H35N/c1-2-3-4-5-6-7-8-9-10-11-12-13-14-15-16-17-18(19)20;1-4-6-7-8-9-10-11-12-13-14-15-16-17(3)5-2/h2-17H2,1H3,(H,19,20);4-16H2,1-3H3. The molecule has 0 unspecified atom stereocenters. The van der Waals surface area contributed by atoms with Crippen molar-refractivity contribution in [2.75, 3.05) is 20.1 Å². The van der Waals surface area contributed by atoms with Crippen LogP contribution in [0.15, 0.2) is 0 Å². The van der Waals surface area contributed by atoms with Crippen molar-refractivity contribution in [3.05, 3.63) is 0 Å². The lowest BCUT2D eigenvalue weighted by molar-refractivity contribution is -0.137. The van der Waals surface area contributed by atoms with E-state index in [0.29, 0.717) is 6.42 Å². The summed E-state index contributed by atoms with van der Waals surface area (Å²) >= 11 is 0. The number of aliphatic carboxylic acids is 1. The van der Waals surface area contributed by atoms with Gasteiger partial charge in [0.1, 0.15) is 0 Å². The predicted molar refractivity (Wildman–Crippen MR) is 167 cm³/mol. The maximum absolute atomic E-state index is 10.3. The number of hydrogen-bond acceptors (Lipinski definition) is 2. The normalized spacial score (nSPS) is 11.1. The van der Waals surface area contributed by atoms with Crippen molar-refractivity contribution in [1.29, 1.82) is 0 Å². The van der Waals surface area contributed by atoms with Crippen LogP contribution in [0.4, 0.5) is 0 Å². The van der Waals surface area contributed by atoms with Gasteiger partial charge in [-0.15, -0.1) is 0 Å². The lowest BCUT2D eigenvalue weighted by Crippen LogP contribution is -2.18. The van der Waals surface area contributed by atoms with Crippen molar-refractivity contribution in [2.45, 2.75) is 194 Å². The number of carboxylic acids is 1. The fourth-order valence-electron chi connectivity index (χ4n) is 4.85. The Labute approximate surface area is 235 Å². The Morgan fingerprint density at radius 3 is 1.00 bits per heavy atom. The maximum Gasteiger partial charge on any atom is 0.303 e.